The van der Waals surface area contributed by atoms with E-state index in [1.165, 1.54) is 0 Å². The lowest BCUT2D eigenvalue weighted by atomic mass is 10.1. The Hall–Kier alpha value is -3.12. The largest absolute Gasteiger partial charge is 0.350 e. The van der Waals surface area contributed by atoms with Crippen LogP contribution in [-0.2, 0) is 11.3 Å². The van der Waals surface area contributed by atoms with Gasteiger partial charge in [0.05, 0.1) is 11.7 Å². The number of carbonyl (C=O) groups excluding carboxylic acids is 2. The van der Waals surface area contributed by atoms with Gasteiger partial charge in [0.25, 0.3) is 0 Å². The minimum atomic E-state index is -0.250. The molecule has 0 heterocycles. The Morgan fingerprint density at radius 2 is 1.52 bits per heavy atom. The maximum atomic E-state index is 13.0. The lowest BCUT2D eigenvalue weighted by molar-refractivity contribution is -0.121. The molecular weight excluding hydrogens is 454 g/mol. The zero-order chi connectivity index (χ0) is 22.1. The van der Waals surface area contributed by atoms with Crippen LogP contribution in [0.25, 0.3) is 0 Å². The van der Waals surface area contributed by atoms with Gasteiger partial charge in [-0.2, -0.15) is 0 Å². The van der Waals surface area contributed by atoms with Crippen LogP contribution in [0.15, 0.2) is 89.4 Å². The normalized spacial score (nSPS) is 11.4. The molecule has 0 aliphatic rings. The van der Waals surface area contributed by atoms with Crippen molar-refractivity contribution >= 4 is 33.6 Å². The number of nitrogens with zero attached hydrogens (tertiary/aromatic N) is 1. The molecule has 3 rings (SSSR count). The Morgan fingerprint density at radius 1 is 0.903 bits per heavy atom. The average molecular weight is 480 g/mol. The third-order valence-corrected chi connectivity index (χ3v) is 5.60. The summed E-state index contributed by atoms with van der Waals surface area (Å²) in [5, 5.41) is 5.94. The summed E-state index contributed by atoms with van der Waals surface area (Å²) in [6, 6.07) is 26.7. The van der Waals surface area contributed by atoms with Crippen molar-refractivity contribution in [3.8, 4) is 0 Å². The van der Waals surface area contributed by atoms with Gasteiger partial charge in [-0.3, -0.25) is 4.79 Å². The Labute approximate surface area is 191 Å². The number of hydrogen-bond acceptors (Lipinski definition) is 2. The van der Waals surface area contributed by atoms with E-state index in [9.17, 15) is 9.59 Å². The number of rotatable bonds is 8. The standard InChI is InChI=1S/C25H26BrN3O2/c1-19(21-12-6-3-7-13-21)27-24(30)16-17-29(18-20-10-4-2-5-11-20)25(31)28-23-15-9-8-14-22(23)26/h2-15,19H,16-18H2,1H3,(H,27,30)(H,28,31). The smallest absolute Gasteiger partial charge is 0.322 e. The Bertz CT molecular complexity index is 996. The number of amides is 3. The summed E-state index contributed by atoms with van der Waals surface area (Å²) in [5.41, 5.74) is 2.74. The highest BCUT2D eigenvalue weighted by molar-refractivity contribution is 9.10. The van der Waals surface area contributed by atoms with Gasteiger partial charge in [0.2, 0.25) is 5.91 Å². The van der Waals surface area contributed by atoms with E-state index in [2.05, 4.69) is 26.6 Å². The zero-order valence-electron chi connectivity index (χ0n) is 17.4. The molecule has 0 aromatic heterocycles. The van der Waals surface area contributed by atoms with Gasteiger partial charge in [-0.1, -0.05) is 72.8 Å². The molecule has 0 radical (unpaired) electrons. The van der Waals surface area contributed by atoms with Crippen LogP contribution in [0.1, 0.15) is 30.5 Å². The second-order valence-electron chi connectivity index (χ2n) is 7.27. The van der Waals surface area contributed by atoms with E-state index in [-0.39, 0.29) is 24.4 Å². The highest BCUT2D eigenvalue weighted by atomic mass is 79.9. The van der Waals surface area contributed by atoms with Crippen LogP contribution < -0.4 is 10.6 Å². The lowest BCUT2D eigenvalue weighted by Gasteiger charge is -2.24. The van der Waals surface area contributed by atoms with Crippen molar-refractivity contribution in [2.45, 2.75) is 25.9 Å². The fraction of sp³-hybridized carbons (Fsp3) is 0.200. The summed E-state index contributed by atoms with van der Waals surface area (Å²) in [6.07, 6.45) is 0.216. The van der Waals surface area contributed by atoms with Crippen molar-refractivity contribution in [1.29, 1.82) is 0 Å². The predicted molar refractivity (Wildman–Crippen MR) is 128 cm³/mol. The monoisotopic (exact) mass is 479 g/mol. The molecule has 1 atom stereocenters. The molecule has 6 heteroatoms. The highest BCUT2D eigenvalue weighted by Gasteiger charge is 2.17. The van der Waals surface area contributed by atoms with E-state index in [0.717, 1.165) is 15.6 Å². The summed E-state index contributed by atoms with van der Waals surface area (Å²) in [4.78, 5) is 27.2. The first-order valence-corrected chi connectivity index (χ1v) is 11.0. The van der Waals surface area contributed by atoms with Crippen molar-refractivity contribution in [2.24, 2.45) is 0 Å². The maximum Gasteiger partial charge on any atom is 0.322 e. The van der Waals surface area contributed by atoms with E-state index >= 15 is 0 Å². The van der Waals surface area contributed by atoms with Crippen molar-refractivity contribution < 1.29 is 9.59 Å². The Morgan fingerprint density at radius 3 is 2.19 bits per heavy atom. The topological polar surface area (TPSA) is 61.4 Å². The number of urea groups is 1. The van der Waals surface area contributed by atoms with Crippen LogP contribution >= 0.6 is 15.9 Å². The van der Waals surface area contributed by atoms with Crippen LogP contribution in [0.4, 0.5) is 10.5 Å². The van der Waals surface area contributed by atoms with Crippen LogP contribution in [0.2, 0.25) is 0 Å². The molecule has 31 heavy (non-hydrogen) atoms. The molecule has 1 unspecified atom stereocenters. The van der Waals surface area contributed by atoms with E-state index in [4.69, 9.17) is 0 Å². The van der Waals surface area contributed by atoms with E-state index in [1.54, 1.807) is 4.90 Å². The number of carbonyl (C=O) groups is 2. The molecule has 3 aromatic carbocycles. The molecule has 160 valence electrons. The molecule has 0 bridgehead atoms. The van der Waals surface area contributed by atoms with Crippen molar-refractivity contribution in [1.82, 2.24) is 10.2 Å². The molecule has 0 aliphatic carbocycles. The highest BCUT2D eigenvalue weighted by Crippen LogP contribution is 2.22. The second kappa shape index (κ2) is 11.3. The minimum Gasteiger partial charge on any atom is -0.350 e. The molecule has 0 aliphatic heterocycles. The molecule has 2 N–H and O–H groups in total. The van der Waals surface area contributed by atoms with Crippen molar-refractivity contribution in [3.05, 3.63) is 101 Å². The molecule has 0 fully saturated rings. The number of para-hydroxylation sites is 1. The summed E-state index contributed by atoms with van der Waals surface area (Å²) in [6.45, 7) is 2.67. The van der Waals surface area contributed by atoms with Crippen LogP contribution in [0, 0.1) is 0 Å². The first kappa shape index (κ1) is 22.6. The number of anilines is 1. The second-order valence-corrected chi connectivity index (χ2v) is 8.12. The van der Waals surface area contributed by atoms with Gasteiger partial charge in [-0.15, -0.1) is 0 Å². The van der Waals surface area contributed by atoms with Gasteiger partial charge < -0.3 is 15.5 Å². The van der Waals surface area contributed by atoms with Crippen LogP contribution in [0.3, 0.4) is 0 Å². The molecule has 5 nitrogen and oxygen atoms in total. The van der Waals surface area contributed by atoms with Crippen molar-refractivity contribution in [2.75, 3.05) is 11.9 Å². The summed E-state index contributed by atoms with van der Waals surface area (Å²) < 4.78 is 0.803. The maximum absolute atomic E-state index is 13.0. The summed E-state index contributed by atoms with van der Waals surface area (Å²) >= 11 is 3.45. The third kappa shape index (κ3) is 6.96. The quantitative estimate of drug-likeness (QED) is 0.431. The SMILES string of the molecule is CC(NC(=O)CCN(Cc1ccccc1)C(=O)Nc1ccccc1Br)c1ccccc1. The van der Waals surface area contributed by atoms with Gasteiger partial charge in [-0.25, -0.2) is 4.79 Å². The number of halogens is 1. The Kier molecular flexibility index (Phi) is 8.24. The molecule has 3 aromatic rings. The fourth-order valence-corrected chi connectivity index (χ4v) is 3.57. The zero-order valence-corrected chi connectivity index (χ0v) is 19.0. The minimum absolute atomic E-state index is 0.0922. The summed E-state index contributed by atoms with van der Waals surface area (Å²) in [7, 11) is 0. The lowest BCUT2D eigenvalue weighted by Crippen LogP contribution is -2.38. The fourth-order valence-electron chi connectivity index (χ4n) is 3.19. The molecule has 0 spiro atoms. The predicted octanol–water partition coefficient (Wildman–Crippen LogP) is 5.75. The Balaban J connectivity index is 1.64. The van der Waals surface area contributed by atoms with Gasteiger partial charge in [0, 0.05) is 24.0 Å². The van der Waals surface area contributed by atoms with Gasteiger partial charge in [0.1, 0.15) is 0 Å². The molecule has 0 saturated carbocycles. The third-order valence-electron chi connectivity index (χ3n) is 4.90. The molecule has 0 saturated heterocycles. The number of hydrogen-bond donors (Lipinski definition) is 2. The van der Waals surface area contributed by atoms with Gasteiger partial charge in [-0.05, 0) is 46.1 Å². The molecule has 3 amide bonds. The first-order chi connectivity index (χ1) is 15.0. The summed E-state index contributed by atoms with van der Waals surface area (Å²) in [5.74, 6) is -0.0943. The van der Waals surface area contributed by atoms with Gasteiger partial charge in [0.15, 0.2) is 0 Å². The van der Waals surface area contributed by atoms with Gasteiger partial charge >= 0.3 is 6.03 Å². The average Bonchev–Trinajstić information content (AvgIpc) is 2.79. The van der Waals surface area contributed by atoms with E-state index in [0.29, 0.717) is 18.8 Å². The number of nitrogens with one attached hydrogen (secondary N) is 2. The first-order valence-electron chi connectivity index (χ1n) is 10.2. The van der Waals surface area contributed by atoms with Crippen molar-refractivity contribution in [3.63, 3.8) is 0 Å². The van der Waals surface area contributed by atoms with E-state index < -0.39 is 0 Å². The molecular formula is C25H26BrN3O2. The number of benzene rings is 3. The van der Waals surface area contributed by atoms with E-state index in [1.807, 2.05) is 91.9 Å². The van der Waals surface area contributed by atoms with Crippen LogP contribution in [-0.4, -0.2) is 23.4 Å². The van der Waals surface area contributed by atoms with Crippen LogP contribution in [0.5, 0.6) is 0 Å².